The molecule has 0 saturated heterocycles. The first-order valence-corrected chi connectivity index (χ1v) is 8.69. The number of hydrogen-bond acceptors (Lipinski definition) is 2. The van der Waals surface area contributed by atoms with Crippen molar-refractivity contribution >= 4 is 5.97 Å². The molecule has 0 spiro atoms. The standard InChI is InChI=1S/C23H22O3/c1-15(17-9-5-3-6-10-17)19-13-20(22(24)21(14-19)23(25)26)16(2)18-11-7-4-8-12-18/h3-16,24H,1-2H3,(H,25,26)/t15-,16-/m1/s1. The van der Waals surface area contributed by atoms with Gasteiger partial charge in [-0.3, -0.25) is 0 Å². The highest BCUT2D eigenvalue weighted by Gasteiger charge is 2.22. The molecule has 0 saturated carbocycles. The van der Waals surface area contributed by atoms with Crippen LogP contribution < -0.4 is 0 Å². The van der Waals surface area contributed by atoms with Crippen molar-refractivity contribution in [2.24, 2.45) is 0 Å². The molecule has 0 radical (unpaired) electrons. The summed E-state index contributed by atoms with van der Waals surface area (Å²) in [5.74, 6) is -1.36. The molecular weight excluding hydrogens is 324 g/mol. The molecular formula is C23H22O3. The van der Waals surface area contributed by atoms with E-state index in [1.165, 1.54) is 0 Å². The quantitative estimate of drug-likeness (QED) is 0.651. The number of hydrogen-bond donors (Lipinski definition) is 2. The highest BCUT2D eigenvalue weighted by molar-refractivity contribution is 5.91. The number of carboxylic acid groups (broad SMARTS) is 1. The smallest absolute Gasteiger partial charge is 0.339 e. The molecule has 0 fully saturated rings. The number of phenols is 1. The van der Waals surface area contributed by atoms with Crippen molar-refractivity contribution in [2.75, 3.05) is 0 Å². The average Bonchev–Trinajstić information content (AvgIpc) is 2.68. The van der Waals surface area contributed by atoms with Crippen LogP contribution in [0.15, 0.2) is 72.8 Å². The van der Waals surface area contributed by atoms with Crippen molar-refractivity contribution in [2.45, 2.75) is 25.7 Å². The molecule has 2 N–H and O–H groups in total. The van der Waals surface area contributed by atoms with E-state index in [9.17, 15) is 15.0 Å². The Kier molecular flexibility index (Phi) is 5.08. The predicted molar refractivity (Wildman–Crippen MR) is 103 cm³/mol. The van der Waals surface area contributed by atoms with E-state index in [2.05, 4.69) is 0 Å². The van der Waals surface area contributed by atoms with Crippen LogP contribution in [0.2, 0.25) is 0 Å². The number of aromatic carboxylic acids is 1. The topological polar surface area (TPSA) is 57.5 Å². The summed E-state index contributed by atoms with van der Waals surface area (Å²) in [6.07, 6.45) is 0. The highest BCUT2D eigenvalue weighted by Crippen LogP contribution is 2.37. The maximum Gasteiger partial charge on any atom is 0.339 e. The Labute approximate surface area is 153 Å². The highest BCUT2D eigenvalue weighted by atomic mass is 16.4. The minimum absolute atomic E-state index is 0.0247. The van der Waals surface area contributed by atoms with E-state index in [0.717, 1.165) is 16.7 Å². The Balaban J connectivity index is 2.12. The molecule has 3 heteroatoms. The first-order valence-electron chi connectivity index (χ1n) is 8.69. The van der Waals surface area contributed by atoms with E-state index in [-0.39, 0.29) is 23.1 Å². The SMILES string of the molecule is C[C@H](c1ccccc1)c1cc(C(=O)O)c(O)c([C@H](C)c2ccccc2)c1. The van der Waals surface area contributed by atoms with Crippen LogP contribution in [0.4, 0.5) is 0 Å². The number of carboxylic acids is 1. The molecule has 2 atom stereocenters. The minimum Gasteiger partial charge on any atom is -0.507 e. The summed E-state index contributed by atoms with van der Waals surface area (Å²) < 4.78 is 0. The predicted octanol–water partition coefficient (Wildman–Crippen LogP) is 5.39. The molecule has 0 aliphatic heterocycles. The molecule has 0 bridgehead atoms. The zero-order valence-corrected chi connectivity index (χ0v) is 14.9. The van der Waals surface area contributed by atoms with Crippen LogP contribution in [0.25, 0.3) is 0 Å². The van der Waals surface area contributed by atoms with E-state index in [0.29, 0.717) is 5.56 Å². The van der Waals surface area contributed by atoms with Crippen molar-refractivity contribution in [1.82, 2.24) is 0 Å². The van der Waals surface area contributed by atoms with E-state index < -0.39 is 5.97 Å². The summed E-state index contributed by atoms with van der Waals surface area (Å²) in [5, 5.41) is 20.1. The lowest BCUT2D eigenvalue weighted by Crippen LogP contribution is -2.07. The largest absolute Gasteiger partial charge is 0.507 e. The molecule has 0 aliphatic rings. The molecule has 0 amide bonds. The van der Waals surface area contributed by atoms with Gasteiger partial charge in [-0.25, -0.2) is 4.79 Å². The third-order valence-corrected chi connectivity index (χ3v) is 4.96. The van der Waals surface area contributed by atoms with E-state index in [1.54, 1.807) is 6.07 Å². The molecule has 0 heterocycles. The Morgan fingerprint density at radius 3 is 1.77 bits per heavy atom. The first-order chi connectivity index (χ1) is 12.5. The van der Waals surface area contributed by atoms with Gasteiger partial charge in [-0.05, 0) is 22.8 Å². The fraction of sp³-hybridized carbons (Fsp3) is 0.174. The van der Waals surface area contributed by atoms with Crippen molar-refractivity contribution in [1.29, 1.82) is 0 Å². The van der Waals surface area contributed by atoms with Crippen molar-refractivity contribution in [3.63, 3.8) is 0 Å². The monoisotopic (exact) mass is 346 g/mol. The summed E-state index contributed by atoms with van der Waals surface area (Å²) in [5.41, 5.74) is 3.60. The maximum absolute atomic E-state index is 11.7. The van der Waals surface area contributed by atoms with Crippen LogP contribution in [-0.2, 0) is 0 Å². The minimum atomic E-state index is -1.12. The average molecular weight is 346 g/mol. The van der Waals surface area contributed by atoms with Crippen LogP contribution in [0.5, 0.6) is 5.75 Å². The van der Waals surface area contributed by atoms with E-state index >= 15 is 0 Å². The molecule has 3 nitrogen and oxygen atoms in total. The molecule has 0 unspecified atom stereocenters. The van der Waals surface area contributed by atoms with Gasteiger partial charge in [0.15, 0.2) is 0 Å². The van der Waals surface area contributed by atoms with Gasteiger partial charge in [0.25, 0.3) is 0 Å². The Morgan fingerprint density at radius 2 is 1.27 bits per heavy atom. The van der Waals surface area contributed by atoms with Gasteiger partial charge >= 0.3 is 5.97 Å². The zero-order chi connectivity index (χ0) is 18.7. The van der Waals surface area contributed by atoms with Crippen molar-refractivity contribution < 1.29 is 15.0 Å². The van der Waals surface area contributed by atoms with Crippen LogP contribution in [-0.4, -0.2) is 16.2 Å². The Hall–Kier alpha value is -3.07. The van der Waals surface area contributed by atoms with Gasteiger partial charge in [-0.2, -0.15) is 0 Å². The molecule has 26 heavy (non-hydrogen) atoms. The lowest BCUT2D eigenvalue weighted by molar-refractivity contribution is 0.0693. The summed E-state index contributed by atoms with van der Waals surface area (Å²) in [7, 11) is 0. The summed E-state index contributed by atoms with van der Waals surface area (Å²) in [4.78, 5) is 11.7. The number of rotatable bonds is 5. The van der Waals surface area contributed by atoms with Crippen LogP contribution in [0.3, 0.4) is 0 Å². The fourth-order valence-corrected chi connectivity index (χ4v) is 3.28. The number of carbonyl (C=O) groups is 1. The maximum atomic E-state index is 11.7. The van der Waals surface area contributed by atoms with Gasteiger partial charge in [0.05, 0.1) is 0 Å². The van der Waals surface area contributed by atoms with Gasteiger partial charge in [-0.15, -0.1) is 0 Å². The number of benzene rings is 3. The van der Waals surface area contributed by atoms with Crippen molar-refractivity contribution in [3.8, 4) is 5.75 Å². The normalized spacial score (nSPS) is 13.2. The fourth-order valence-electron chi connectivity index (χ4n) is 3.28. The van der Waals surface area contributed by atoms with Crippen LogP contribution in [0, 0.1) is 0 Å². The first kappa shape index (κ1) is 17.7. The van der Waals surface area contributed by atoms with E-state index in [4.69, 9.17) is 0 Å². The lowest BCUT2D eigenvalue weighted by atomic mass is 9.85. The summed E-state index contributed by atoms with van der Waals surface area (Å²) >= 11 is 0. The lowest BCUT2D eigenvalue weighted by Gasteiger charge is -2.20. The van der Waals surface area contributed by atoms with Crippen molar-refractivity contribution in [3.05, 3.63) is 101 Å². The molecule has 3 rings (SSSR count). The van der Waals surface area contributed by atoms with Gasteiger partial charge in [0.2, 0.25) is 0 Å². The molecule has 3 aromatic rings. The molecule has 132 valence electrons. The zero-order valence-electron chi connectivity index (χ0n) is 14.9. The van der Waals surface area contributed by atoms with E-state index in [1.807, 2.05) is 80.6 Å². The third kappa shape index (κ3) is 3.47. The molecule has 3 aromatic carbocycles. The van der Waals surface area contributed by atoms with Crippen LogP contribution in [0.1, 0.15) is 58.3 Å². The van der Waals surface area contributed by atoms with Gasteiger partial charge in [-0.1, -0.05) is 80.6 Å². The second kappa shape index (κ2) is 7.44. The summed E-state index contributed by atoms with van der Waals surface area (Å²) in [6.45, 7) is 4.03. The Morgan fingerprint density at radius 1 is 0.769 bits per heavy atom. The van der Waals surface area contributed by atoms with Gasteiger partial charge in [0.1, 0.15) is 11.3 Å². The van der Waals surface area contributed by atoms with Gasteiger partial charge in [0, 0.05) is 17.4 Å². The summed E-state index contributed by atoms with van der Waals surface area (Å²) in [6, 6.07) is 23.2. The van der Waals surface area contributed by atoms with Gasteiger partial charge < -0.3 is 10.2 Å². The molecule has 0 aromatic heterocycles. The molecule has 0 aliphatic carbocycles. The number of aromatic hydroxyl groups is 1. The second-order valence-electron chi connectivity index (χ2n) is 6.58. The third-order valence-electron chi connectivity index (χ3n) is 4.96. The Bertz CT molecular complexity index is 901. The second-order valence-corrected chi connectivity index (χ2v) is 6.58. The van der Waals surface area contributed by atoms with Crippen LogP contribution >= 0.6 is 0 Å².